The largest absolute Gasteiger partial charge is 0.457 e. The lowest BCUT2D eigenvalue weighted by Gasteiger charge is -2.02. The highest BCUT2D eigenvalue weighted by Gasteiger charge is 2.09. The van der Waals surface area contributed by atoms with Crippen LogP contribution < -0.4 is 0 Å². The Morgan fingerprint density at radius 3 is 2.36 bits per heavy atom. The Balaban J connectivity index is 1.94. The Bertz CT molecular complexity index is 1030. The average molecular weight is 365 g/mol. The topological polar surface area (TPSA) is 60.7 Å². The molecule has 0 spiro atoms. The minimum atomic E-state index is 0.377. The van der Waals surface area contributed by atoms with Gasteiger partial charge in [-0.15, -0.1) is 0 Å². The van der Waals surface area contributed by atoms with Gasteiger partial charge in [0.2, 0.25) is 0 Å². The summed E-state index contributed by atoms with van der Waals surface area (Å²) in [6.45, 7) is 0. The fourth-order valence-corrected chi connectivity index (χ4v) is 2.83. The molecule has 120 valence electrons. The normalized spacial score (nSPS) is 11.0. The zero-order chi connectivity index (χ0) is 17.8. The summed E-state index contributed by atoms with van der Waals surface area (Å²) in [6.07, 6.45) is 1.63. The highest BCUT2D eigenvalue weighted by atomic mass is 35.5. The van der Waals surface area contributed by atoms with Crippen molar-refractivity contribution in [1.29, 1.82) is 10.5 Å². The van der Waals surface area contributed by atoms with Crippen LogP contribution in [0.1, 0.15) is 16.9 Å². The summed E-state index contributed by atoms with van der Waals surface area (Å²) >= 11 is 12.1. The first kappa shape index (κ1) is 16.9. The fourth-order valence-electron chi connectivity index (χ4n) is 2.32. The molecule has 5 heteroatoms. The van der Waals surface area contributed by atoms with E-state index in [2.05, 4.69) is 12.1 Å². The van der Waals surface area contributed by atoms with Crippen LogP contribution in [0.4, 0.5) is 0 Å². The molecule has 1 aromatic heterocycles. The lowest BCUT2D eigenvalue weighted by atomic mass is 10.1. The van der Waals surface area contributed by atoms with E-state index in [9.17, 15) is 5.26 Å². The molecule has 25 heavy (non-hydrogen) atoms. The lowest BCUT2D eigenvalue weighted by molar-refractivity contribution is 0.572. The van der Waals surface area contributed by atoms with Gasteiger partial charge in [-0.25, -0.2) is 0 Å². The molecule has 0 fully saturated rings. The summed E-state index contributed by atoms with van der Waals surface area (Å²) in [5.41, 5.74) is 2.40. The monoisotopic (exact) mass is 364 g/mol. The third-order valence-corrected chi connectivity index (χ3v) is 4.10. The molecular weight excluding hydrogens is 355 g/mol. The van der Waals surface area contributed by atoms with Crippen molar-refractivity contribution in [3.05, 3.63) is 81.5 Å². The van der Waals surface area contributed by atoms with E-state index in [-0.39, 0.29) is 0 Å². The summed E-state index contributed by atoms with van der Waals surface area (Å²) < 4.78 is 5.78. The van der Waals surface area contributed by atoms with Crippen molar-refractivity contribution in [3.63, 3.8) is 0 Å². The van der Waals surface area contributed by atoms with Crippen LogP contribution in [0.25, 0.3) is 23.0 Å². The van der Waals surface area contributed by atoms with Gasteiger partial charge < -0.3 is 4.42 Å². The molecule has 3 nitrogen and oxygen atoms in total. The molecule has 0 saturated heterocycles. The SMILES string of the molecule is N#C/C(=C/c1ccc(-c2ccc(C#N)cc2)o1)c1ccc(Cl)cc1Cl. The first-order valence-electron chi connectivity index (χ1n) is 7.28. The lowest BCUT2D eigenvalue weighted by Crippen LogP contribution is -1.83. The number of furan rings is 1. The minimum Gasteiger partial charge on any atom is -0.457 e. The number of nitriles is 2. The summed E-state index contributed by atoms with van der Waals surface area (Å²) in [7, 11) is 0. The standard InChI is InChI=1S/C20H10Cl2N2O/c21-16-5-7-18(19(22)10-16)15(12-24)9-17-6-8-20(25-17)14-3-1-13(11-23)2-4-14/h1-10H/b15-9-. The highest BCUT2D eigenvalue weighted by molar-refractivity contribution is 6.36. The van der Waals surface area contributed by atoms with E-state index in [1.807, 2.05) is 18.2 Å². The van der Waals surface area contributed by atoms with E-state index in [0.29, 0.717) is 38.3 Å². The first-order valence-corrected chi connectivity index (χ1v) is 8.04. The van der Waals surface area contributed by atoms with Crippen molar-refractivity contribution >= 4 is 34.9 Å². The number of allylic oxidation sites excluding steroid dienone is 1. The summed E-state index contributed by atoms with van der Waals surface area (Å²) in [6, 6.07) is 19.8. The van der Waals surface area contributed by atoms with Crippen molar-refractivity contribution in [2.24, 2.45) is 0 Å². The Morgan fingerprint density at radius 2 is 1.72 bits per heavy atom. The van der Waals surface area contributed by atoms with E-state index in [1.54, 1.807) is 42.5 Å². The predicted octanol–water partition coefficient (Wildman–Crippen LogP) is 6.19. The molecule has 2 aromatic carbocycles. The number of rotatable bonds is 3. The van der Waals surface area contributed by atoms with Crippen molar-refractivity contribution in [2.45, 2.75) is 0 Å². The molecule has 0 bridgehead atoms. The smallest absolute Gasteiger partial charge is 0.134 e. The Kier molecular flexibility index (Phi) is 4.91. The van der Waals surface area contributed by atoms with Gasteiger partial charge in [-0.05, 0) is 54.6 Å². The van der Waals surface area contributed by atoms with Gasteiger partial charge in [0.15, 0.2) is 0 Å². The van der Waals surface area contributed by atoms with Gasteiger partial charge in [0, 0.05) is 16.1 Å². The number of benzene rings is 2. The Morgan fingerprint density at radius 1 is 0.960 bits per heavy atom. The van der Waals surface area contributed by atoms with Crippen LogP contribution in [0.15, 0.2) is 59.0 Å². The van der Waals surface area contributed by atoms with Gasteiger partial charge in [-0.2, -0.15) is 10.5 Å². The van der Waals surface area contributed by atoms with Crippen molar-refractivity contribution in [3.8, 4) is 23.5 Å². The van der Waals surface area contributed by atoms with Crippen LogP contribution in [0.2, 0.25) is 10.0 Å². The zero-order valence-electron chi connectivity index (χ0n) is 12.8. The zero-order valence-corrected chi connectivity index (χ0v) is 14.3. The van der Waals surface area contributed by atoms with Crippen LogP contribution >= 0.6 is 23.2 Å². The maximum Gasteiger partial charge on any atom is 0.134 e. The summed E-state index contributed by atoms with van der Waals surface area (Å²) in [5, 5.41) is 19.2. The second kappa shape index (κ2) is 7.28. The minimum absolute atomic E-state index is 0.377. The van der Waals surface area contributed by atoms with Gasteiger partial charge in [0.05, 0.1) is 28.3 Å². The summed E-state index contributed by atoms with van der Waals surface area (Å²) in [4.78, 5) is 0. The van der Waals surface area contributed by atoms with E-state index in [0.717, 1.165) is 5.56 Å². The van der Waals surface area contributed by atoms with E-state index < -0.39 is 0 Å². The number of hydrogen-bond donors (Lipinski definition) is 0. The molecule has 3 aromatic rings. The van der Waals surface area contributed by atoms with Crippen LogP contribution in [-0.2, 0) is 0 Å². The second-order valence-electron chi connectivity index (χ2n) is 5.19. The van der Waals surface area contributed by atoms with Crippen LogP contribution in [-0.4, -0.2) is 0 Å². The van der Waals surface area contributed by atoms with Crippen molar-refractivity contribution in [2.75, 3.05) is 0 Å². The van der Waals surface area contributed by atoms with Gasteiger partial charge in [-0.3, -0.25) is 0 Å². The van der Waals surface area contributed by atoms with E-state index >= 15 is 0 Å². The molecule has 0 N–H and O–H groups in total. The number of halogens is 2. The van der Waals surface area contributed by atoms with Gasteiger partial charge in [0.1, 0.15) is 11.5 Å². The third-order valence-electron chi connectivity index (χ3n) is 3.55. The Labute approximate surface area is 155 Å². The number of hydrogen-bond acceptors (Lipinski definition) is 3. The third kappa shape index (κ3) is 3.75. The molecule has 1 heterocycles. The van der Waals surface area contributed by atoms with Gasteiger partial charge in [-0.1, -0.05) is 29.3 Å². The molecule has 0 atom stereocenters. The predicted molar refractivity (Wildman–Crippen MR) is 98.8 cm³/mol. The van der Waals surface area contributed by atoms with Gasteiger partial charge in [0.25, 0.3) is 0 Å². The molecule has 0 saturated carbocycles. The first-order chi connectivity index (χ1) is 12.1. The average Bonchev–Trinajstić information content (AvgIpc) is 3.09. The Hall–Kier alpha value is -2.98. The van der Waals surface area contributed by atoms with Gasteiger partial charge >= 0.3 is 0 Å². The molecular formula is C20H10Cl2N2O. The number of nitrogens with zero attached hydrogens (tertiary/aromatic N) is 2. The van der Waals surface area contributed by atoms with Crippen LogP contribution in [0, 0.1) is 22.7 Å². The molecule has 0 radical (unpaired) electrons. The molecule has 0 aliphatic heterocycles. The maximum absolute atomic E-state index is 9.43. The van der Waals surface area contributed by atoms with E-state index in [1.165, 1.54) is 0 Å². The highest BCUT2D eigenvalue weighted by Crippen LogP contribution is 2.29. The van der Waals surface area contributed by atoms with Crippen LogP contribution in [0.3, 0.4) is 0 Å². The molecule has 0 aliphatic rings. The quantitative estimate of drug-likeness (QED) is 0.520. The van der Waals surface area contributed by atoms with Crippen LogP contribution in [0.5, 0.6) is 0 Å². The van der Waals surface area contributed by atoms with E-state index in [4.69, 9.17) is 32.9 Å². The summed E-state index contributed by atoms with van der Waals surface area (Å²) in [5.74, 6) is 1.18. The maximum atomic E-state index is 9.43. The molecule has 3 rings (SSSR count). The van der Waals surface area contributed by atoms with Crippen molar-refractivity contribution in [1.82, 2.24) is 0 Å². The van der Waals surface area contributed by atoms with Crippen molar-refractivity contribution < 1.29 is 4.42 Å². The molecule has 0 aliphatic carbocycles. The molecule has 0 amide bonds. The molecule has 0 unspecified atom stereocenters. The second-order valence-corrected chi connectivity index (χ2v) is 6.03. The fraction of sp³-hybridized carbons (Fsp3) is 0.